The molecule has 5 nitrogen and oxygen atoms in total. The lowest BCUT2D eigenvalue weighted by Gasteiger charge is -2.55. The van der Waals surface area contributed by atoms with E-state index in [1.54, 1.807) is 0 Å². The second kappa shape index (κ2) is 9.40. The fraction of sp³-hybridized carbons (Fsp3) is 0.714. The van der Waals surface area contributed by atoms with Crippen molar-refractivity contribution in [3.8, 4) is 0 Å². The standard InChI is InChI=1S/C28H41N3O2/c1-19(2)25(30-27(33)28-15-21-12-22(16-28)14-23(13-21)17-28)26(32)29-24-8-10-31(11-9-24)18-20-6-4-3-5-7-20/h3-7,19,21-25H,8-18H2,1-2H3,(H,29,32)(H,30,33). The summed E-state index contributed by atoms with van der Waals surface area (Å²) in [5.74, 6) is 2.44. The molecule has 1 aliphatic heterocycles. The first-order chi connectivity index (χ1) is 15.9. The molecule has 6 rings (SSSR count). The van der Waals surface area contributed by atoms with Crippen molar-refractivity contribution in [3.05, 3.63) is 35.9 Å². The zero-order chi connectivity index (χ0) is 23.0. The summed E-state index contributed by atoms with van der Waals surface area (Å²) in [7, 11) is 0. The molecule has 0 aromatic heterocycles. The fourth-order valence-electron chi connectivity index (χ4n) is 7.59. The highest BCUT2D eigenvalue weighted by molar-refractivity contribution is 5.90. The Kier molecular flexibility index (Phi) is 6.52. The molecule has 5 heteroatoms. The zero-order valence-corrected chi connectivity index (χ0v) is 20.4. The van der Waals surface area contributed by atoms with E-state index in [9.17, 15) is 9.59 Å². The number of benzene rings is 1. The highest BCUT2D eigenvalue weighted by Crippen LogP contribution is 2.60. The van der Waals surface area contributed by atoms with E-state index < -0.39 is 6.04 Å². The molecule has 1 heterocycles. The molecule has 1 aromatic rings. The summed E-state index contributed by atoms with van der Waals surface area (Å²) >= 11 is 0. The molecule has 180 valence electrons. The molecule has 4 bridgehead atoms. The van der Waals surface area contributed by atoms with E-state index in [4.69, 9.17) is 0 Å². The van der Waals surface area contributed by atoms with Gasteiger partial charge in [0.15, 0.2) is 0 Å². The fourth-order valence-corrected chi connectivity index (χ4v) is 7.59. The second-order valence-electron chi connectivity index (χ2n) is 11.9. The van der Waals surface area contributed by atoms with Crippen LogP contribution >= 0.6 is 0 Å². The molecule has 5 fully saturated rings. The second-order valence-corrected chi connectivity index (χ2v) is 11.9. The van der Waals surface area contributed by atoms with Crippen LogP contribution in [0, 0.1) is 29.1 Å². The lowest BCUT2D eigenvalue weighted by molar-refractivity contribution is -0.149. The van der Waals surface area contributed by atoms with Gasteiger partial charge in [0.1, 0.15) is 6.04 Å². The third-order valence-corrected chi connectivity index (χ3v) is 8.94. The maximum Gasteiger partial charge on any atom is 0.243 e. The lowest BCUT2D eigenvalue weighted by atomic mass is 9.49. The van der Waals surface area contributed by atoms with Crippen molar-refractivity contribution in [2.24, 2.45) is 29.1 Å². The minimum absolute atomic E-state index is 0.00425. The number of nitrogens with zero attached hydrogens (tertiary/aromatic N) is 1. The quantitative estimate of drug-likeness (QED) is 0.655. The molecule has 4 saturated carbocycles. The third kappa shape index (κ3) is 4.99. The Morgan fingerprint density at radius 1 is 0.970 bits per heavy atom. The van der Waals surface area contributed by atoms with Gasteiger partial charge in [-0.3, -0.25) is 14.5 Å². The highest BCUT2D eigenvalue weighted by Gasteiger charge is 2.55. The minimum Gasteiger partial charge on any atom is -0.351 e. The highest BCUT2D eigenvalue weighted by atomic mass is 16.2. The van der Waals surface area contributed by atoms with Gasteiger partial charge < -0.3 is 10.6 Å². The Bertz CT molecular complexity index is 809. The van der Waals surface area contributed by atoms with Crippen molar-refractivity contribution in [1.82, 2.24) is 15.5 Å². The van der Waals surface area contributed by atoms with Crippen LogP contribution in [-0.2, 0) is 16.1 Å². The maximum absolute atomic E-state index is 13.5. The van der Waals surface area contributed by atoms with Crippen LogP contribution in [0.1, 0.15) is 70.8 Å². The van der Waals surface area contributed by atoms with Gasteiger partial charge in [-0.2, -0.15) is 0 Å². The van der Waals surface area contributed by atoms with Crippen LogP contribution in [0.2, 0.25) is 0 Å². The van der Waals surface area contributed by atoms with E-state index in [0.717, 1.165) is 69.5 Å². The van der Waals surface area contributed by atoms with Gasteiger partial charge in [-0.15, -0.1) is 0 Å². The summed E-state index contributed by atoms with van der Waals surface area (Å²) in [6, 6.07) is 10.3. The number of rotatable bonds is 7. The SMILES string of the molecule is CC(C)C(NC(=O)C12CC3CC(CC(C3)C1)C2)C(=O)NC1CCN(Cc2ccccc2)CC1. The zero-order valence-electron chi connectivity index (χ0n) is 20.4. The molecule has 0 radical (unpaired) electrons. The number of amides is 2. The van der Waals surface area contributed by atoms with E-state index in [2.05, 4.69) is 45.9 Å². The molecule has 0 spiro atoms. The average Bonchev–Trinajstić information content (AvgIpc) is 2.78. The molecule has 33 heavy (non-hydrogen) atoms. The van der Waals surface area contributed by atoms with Crippen molar-refractivity contribution in [1.29, 1.82) is 0 Å². The first-order valence-corrected chi connectivity index (χ1v) is 13.3. The van der Waals surface area contributed by atoms with Crippen LogP contribution in [0.3, 0.4) is 0 Å². The van der Waals surface area contributed by atoms with Gasteiger partial charge in [0, 0.05) is 31.1 Å². The van der Waals surface area contributed by atoms with Crippen molar-refractivity contribution in [2.45, 2.75) is 83.8 Å². The van der Waals surface area contributed by atoms with Crippen LogP contribution in [0.25, 0.3) is 0 Å². The summed E-state index contributed by atoms with van der Waals surface area (Å²) < 4.78 is 0. The number of likely N-dealkylation sites (tertiary alicyclic amines) is 1. The summed E-state index contributed by atoms with van der Waals surface area (Å²) in [6.07, 6.45) is 9.01. The van der Waals surface area contributed by atoms with Crippen LogP contribution in [0.5, 0.6) is 0 Å². The molecule has 1 aromatic carbocycles. The lowest BCUT2D eigenvalue weighted by Crippen LogP contribution is -2.59. The topological polar surface area (TPSA) is 61.4 Å². The maximum atomic E-state index is 13.5. The van der Waals surface area contributed by atoms with Crippen molar-refractivity contribution < 1.29 is 9.59 Å². The molecule has 2 amide bonds. The number of hydrogen-bond donors (Lipinski definition) is 2. The Balaban J connectivity index is 1.14. The number of carbonyl (C=O) groups is 2. The first kappa shape index (κ1) is 22.9. The molecular formula is C28H41N3O2. The molecule has 1 atom stereocenters. The Morgan fingerprint density at radius 2 is 1.55 bits per heavy atom. The largest absolute Gasteiger partial charge is 0.351 e. The van der Waals surface area contributed by atoms with Gasteiger partial charge in [0.25, 0.3) is 0 Å². The number of nitrogens with one attached hydrogen (secondary N) is 2. The average molecular weight is 452 g/mol. The van der Waals surface area contributed by atoms with Crippen LogP contribution in [-0.4, -0.2) is 41.9 Å². The van der Waals surface area contributed by atoms with Crippen LogP contribution in [0.4, 0.5) is 0 Å². The number of piperidine rings is 1. The molecule has 4 aliphatic carbocycles. The predicted octanol–water partition coefficient (Wildman–Crippen LogP) is 4.12. The summed E-state index contributed by atoms with van der Waals surface area (Å²) in [6.45, 7) is 7.05. The van der Waals surface area contributed by atoms with Crippen molar-refractivity contribution in [2.75, 3.05) is 13.1 Å². The van der Waals surface area contributed by atoms with Gasteiger partial charge in [-0.25, -0.2) is 0 Å². The molecule has 1 unspecified atom stereocenters. The van der Waals surface area contributed by atoms with Gasteiger partial charge in [-0.05, 0) is 80.6 Å². The van der Waals surface area contributed by atoms with E-state index in [1.165, 1.54) is 24.8 Å². The van der Waals surface area contributed by atoms with E-state index >= 15 is 0 Å². The Morgan fingerprint density at radius 3 is 2.09 bits per heavy atom. The van der Waals surface area contributed by atoms with Crippen LogP contribution < -0.4 is 10.6 Å². The minimum atomic E-state index is -0.437. The van der Waals surface area contributed by atoms with E-state index in [1.807, 2.05) is 13.8 Å². The molecule has 2 N–H and O–H groups in total. The number of carbonyl (C=O) groups excluding carboxylic acids is 2. The molecular weight excluding hydrogens is 410 g/mol. The van der Waals surface area contributed by atoms with E-state index in [0.29, 0.717) is 0 Å². The summed E-state index contributed by atoms with van der Waals surface area (Å²) in [5, 5.41) is 6.53. The van der Waals surface area contributed by atoms with Crippen molar-refractivity contribution >= 4 is 11.8 Å². The summed E-state index contributed by atoms with van der Waals surface area (Å²) in [5.41, 5.74) is 1.14. The molecule has 5 aliphatic rings. The molecule has 1 saturated heterocycles. The van der Waals surface area contributed by atoms with E-state index in [-0.39, 0.29) is 29.2 Å². The third-order valence-electron chi connectivity index (χ3n) is 8.94. The number of hydrogen-bond acceptors (Lipinski definition) is 3. The van der Waals surface area contributed by atoms with Crippen LogP contribution in [0.15, 0.2) is 30.3 Å². The normalized spacial score (nSPS) is 32.6. The van der Waals surface area contributed by atoms with Crippen molar-refractivity contribution in [3.63, 3.8) is 0 Å². The smallest absolute Gasteiger partial charge is 0.243 e. The predicted molar refractivity (Wildman–Crippen MR) is 130 cm³/mol. The summed E-state index contributed by atoms with van der Waals surface area (Å²) in [4.78, 5) is 29.2. The van der Waals surface area contributed by atoms with Gasteiger partial charge in [0.2, 0.25) is 11.8 Å². The van der Waals surface area contributed by atoms with Gasteiger partial charge in [0.05, 0.1) is 0 Å². The first-order valence-electron chi connectivity index (χ1n) is 13.3. The monoisotopic (exact) mass is 451 g/mol. The Hall–Kier alpha value is -1.88. The van der Waals surface area contributed by atoms with Gasteiger partial charge in [-0.1, -0.05) is 44.2 Å². The Labute approximate surface area is 199 Å². The van der Waals surface area contributed by atoms with Gasteiger partial charge >= 0.3 is 0 Å².